The normalized spacial score (nSPS) is 11.8. The zero-order valence-corrected chi connectivity index (χ0v) is 19.6. The number of halogens is 3. The lowest BCUT2D eigenvalue weighted by Gasteiger charge is -2.11. The summed E-state index contributed by atoms with van der Waals surface area (Å²) in [6, 6.07) is 14.4. The first-order valence-electron chi connectivity index (χ1n) is 11.5. The van der Waals surface area contributed by atoms with Crippen LogP contribution in [0.15, 0.2) is 73.4 Å². The number of hydrogen-bond donors (Lipinski definition) is 3. The van der Waals surface area contributed by atoms with Crippen molar-refractivity contribution >= 4 is 39.8 Å². The lowest BCUT2D eigenvalue weighted by atomic mass is 10.1. The van der Waals surface area contributed by atoms with Gasteiger partial charge in [-0.2, -0.15) is 23.1 Å². The van der Waals surface area contributed by atoms with E-state index in [1.807, 2.05) is 24.3 Å². The number of aromatic amines is 1. The molecule has 10 nitrogen and oxygen atoms in total. The molecule has 0 amide bonds. The lowest BCUT2D eigenvalue weighted by Crippen LogP contribution is -2.08. The number of anilines is 3. The lowest BCUT2D eigenvalue weighted by molar-refractivity contribution is -0.137. The van der Waals surface area contributed by atoms with Gasteiger partial charge in [0.15, 0.2) is 17.0 Å². The summed E-state index contributed by atoms with van der Waals surface area (Å²) in [5.74, 6) is 1.93. The average Bonchev–Trinajstić information content (AvgIpc) is 3.52. The maximum absolute atomic E-state index is 13.0. The van der Waals surface area contributed by atoms with Gasteiger partial charge in [-0.3, -0.25) is 0 Å². The number of imidazole rings is 2. The SMILES string of the molecule is FC(F)(F)c1ccc(Cn2cnc3c(NCc4nc5ccccc5[nH]4)nc(Nc4ccncn4)nc32)cc1. The Balaban J connectivity index is 1.33. The first-order chi connectivity index (χ1) is 18.4. The Morgan fingerprint density at radius 1 is 0.921 bits per heavy atom. The molecule has 4 heterocycles. The van der Waals surface area contributed by atoms with Crippen molar-refractivity contribution < 1.29 is 13.2 Å². The van der Waals surface area contributed by atoms with Crippen LogP contribution in [0.25, 0.3) is 22.2 Å². The zero-order valence-electron chi connectivity index (χ0n) is 19.6. The standard InChI is InChI=1S/C25H19F3N10/c26-25(27,28)16-7-5-15(6-8-16)12-38-14-32-21-22(30-11-20-33-17-3-1-2-4-18(17)34-20)36-24(37-23(21)38)35-19-9-10-29-13-31-19/h1-10,13-14H,11-12H2,(H,33,34)(H2,29,30,31,35,36,37). The minimum absolute atomic E-state index is 0.262. The van der Waals surface area contributed by atoms with Gasteiger partial charge in [-0.15, -0.1) is 0 Å². The Hall–Kier alpha value is -5.07. The fourth-order valence-corrected chi connectivity index (χ4v) is 3.97. The summed E-state index contributed by atoms with van der Waals surface area (Å²) in [6.07, 6.45) is 0.174. The second kappa shape index (κ2) is 9.42. The van der Waals surface area contributed by atoms with Gasteiger partial charge in [0, 0.05) is 6.20 Å². The fourth-order valence-electron chi connectivity index (χ4n) is 3.97. The molecule has 0 bridgehead atoms. The highest BCUT2D eigenvalue weighted by molar-refractivity contribution is 5.84. The summed E-state index contributed by atoms with van der Waals surface area (Å²) in [5, 5.41) is 6.33. The molecule has 0 aliphatic rings. The number of nitrogens with one attached hydrogen (secondary N) is 3. The molecule has 3 N–H and O–H groups in total. The van der Waals surface area contributed by atoms with Crippen molar-refractivity contribution in [1.82, 2.24) is 39.5 Å². The van der Waals surface area contributed by atoms with Crippen molar-refractivity contribution in [3.8, 4) is 0 Å². The molecule has 0 fully saturated rings. The number of aromatic nitrogens is 8. The van der Waals surface area contributed by atoms with E-state index in [2.05, 4.69) is 45.5 Å². The molecule has 13 heteroatoms. The molecule has 6 rings (SSSR count). The molecule has 4 aromatic heterocycles. The number of alkyl halides is 3. The molecule has 0 unspecified atom stereocenters. The molecule has 6 aromatic rings. The van der Waals surface area contributed by atoms with Crippen LogP contribution in [0.2, 0.25) is 0 Å². The van der Waals surface area contributed by atoms with E-state index in [1.54, 1.807) is 23.2 Å². The number of rotatable bonds is 7. The van der Waals surface area contributed by atoms with Gasteiger partial charge >= 0.3 is 6.18 Å². The minimum atomic E-state index is -4.39. The molecule has 2 aromatic carbocycles. The van der Waals surface area contributed by atoms with Crippen molar-refractivity contribution in [2.45, 2.75) is 19.3 Å². The van der Waals surface area contributed by atoms with Crippen molar-refractivity contribution in [3.05, 3.63) is 90.4 Å². The largest absolute Gasteiger partial charge is 0.416 e. The summed E-state index contributed by atoms with van der Waals surface area (Å²) in [6.45, 7) is 0.612. The number of hydrogen-bond acceptors (Lipinski definition) is 8. The number of H-pyrrole nitrogens is 1. The number of nitrogens with zero attached hydrogens (tertiary/aromatic N) is 7. The van der Waals surface area contributed by atoms with E-state index >= 15 is 0 Å². The van der Waals surface area contributed by atoms with Crippen molar-refractivity contribution in [2.24, 2.45) is 0 Å². The molecule has 0 aliphatic heterocycles. The highest BCUT2D eigenvalue weighted by Crippen LogP contribution is 2.29. The first-order valence-corrected chi connectivity index (χ1v) is 11.5. The van der Waals surface area contributed by atoms with Gasteiger partial charge in [0.25, 0.3) is 0 Å². The van der Waals surface area contributed by atoms with Gasteiger partial charge < -0.3 is 20.2 Å². The average molecular weight is 516 g/mol. The van der Waals surface area contributed by atoms with Crippen LogP contribution in [0.3, 0.4) is 0 Å². The number of benzene rings is 2. The van der Waals surface area contributed by atoms with E-state index in [4.69, 9.17) is 0 Å². The smallest absolute Gasteiger partial charge is 0.361 e. The Labute approximate surface area is 213 Å². The van der Waals surface area contributed by atoms with Crippen LogP contribution >= 0.6 is 0 Å². The van der Waals surface area contributed by atoms with E-state index in [-0.39, 0.29) is 12.5 Å². The van der Waals surface area contributed by atoms with Gasteiger partial charge in [0.1, 0.15) is 18.0 Å². The second-order valence-corrected chi connectivity index (χ2v) is 8.41. The summed E-state index contributed by atoms with van der Waals surface area (Å²) in [5.41, 5.74) is 2.73. The van der Waals surface area contributed by atoms with Gasteiger partial charge in [-0.05, 0) is 35.9 Å². The molecular weight excluding hydrogens is 497 g/mol. The molecule has 0 spiro atoms. The highest BCUT2D eigenvalue weighted by atomic mass is 19.4. The van der Waals surface area contributed by atoms with Crippen LogP contribution in [0.4, 0.5) is 30.8 Å². The summed E-state index contributed by atoms with van der Waals surface area (Å²) in [4.78, 5) is 29.6. The van der Waals surface area contributed by atoms with Crippen LogP contribution in [-0.4, -0.2) is 39.5 Å². The summed E-state index contributed by atoms with van der Waals surface area (Å²) >= 11 is 0. The predicted molar refractivity (Wildman–Crippen MR) is 135 cm³/mol. The zero-order chi connectivity index (χ0) is 26.1. The molecule has 38 heavy (non-hydrogen) atoms. The molecule has 0 atom stereocenters. The van der Waals surface area contributed by atoms with Gasteiger partial charge in [0.05, 0.1) is 36.0 Å². The molecule has 0 radical (unpaired) electrons. The Bertz CT molecular complexity index is 1680. The Morgan fingerprint density at radius 2 is 1.76 bits per heavy atom. The van der Waals surface area contributed by atoms with Crippen LogP contribution < -0.4 is 10.6 Å². The van der Waals surface area contributed by atoms with Crippen LogP contribution in [0.5, 0.6) is 0 Å². The van der Waals surface area contributed by atoms with Crippen molar-refractivity contribution in [3.63, 3.8) is 0 Å². The predicted octanol–water partition coefficient (Wildman–Crippen LogP) is 4.92. The van der Waals surface area contributed by atoms with Crippen LogP contribution in [-0.2, 0) is 19.3 Å². The first kappa shape index (κ1) is 23.3. The maximum atomic E-state index is 13.0. The molecule has 0 aliphatic carbocycles. The molecule has 0 saturated heterocycles. The Kier molecular flexibility index (Phi) is 5.79. The minimum Gasteiger partial charge on any atom is -0.361 e. The molecular formula is C25H19F3N10. The van der Waals surface area contributed by atoms with E-state index in [1.165, 1.54) is 18.5 Å². The van der Waals surface area contributed by atoms with E-state index in [0.29, 0.717) is 40.7 Å². The van der Waals surface area contributed by atoms with E-state index < -0.39 is 11.7 Å². The number of para-hydroxylation sites is 2. The monoisotopic (exact) mass is 516 g/mol. The Morgan fingerprint density at radius 3 is 2.53 bits per heavy atom. The van der Waals surface area contributed by atoms with E-state index in [0.717, 1.165) is 23.2 Å². The van der Waals surface area contributed by atoms with Gasteiger partial charge in [-0.1, -0.05) is 24.3 Å². The van der Waals surface area contributed by atoms with Crippen LogP contribution in [0.1, 0.15) is 17.0 Å². The number of fused-ring (bicyclic) bond motifs is 2. The van der Waals surface area contributed by atoms with Crippen molar-refractivity contribution in [2.75, 3.05) is 10.6 Å². The fraction of sp³-hybridized carbons (Fsp3) is 0.120. The third kappa shape index (κ3) is 4.81. The van der Waals surface area contributed by atoms with Crippen molar-refractivity contribution in [1.29, 1.82) is 0 Å². The highest BCUT2D eigenvalue weighted by Gasteiger charge is 2.30. The van der Waals surface area contributed by atoms with Gasteiger partial charge in [0.2, 0.25) is 5.95 Å². The third-order valence-corrected chi connectivity index (χ3v) is 5.78. The molecule has 190 valence electrons. The summed E-state index contributed by atoms with van der Waals surface area (Å²) < 4.78 is 40.6. The molecule has 0 saturated carbocycles. The topological polar surface area (TPSA) is 122 Å². The maximum Gasteiger partial charge on any atom is 0.416 e. The van der Waals surface area contributed by atoms with Crippen LogP contribution in [0, 0.1) is 0 Å². The quantitative estimate of drug-likeness (QED) is 0.274. The third-order valence-electron chi connectivity index (χ3n) is 5.78. The van der Waals surface area contributed by atoms with Gasteiger partial charge in [-0.25, -0.2) is 19.9 Å². The summed E-state index contributed by atoms with van der Waals surface area (Å²) in [7, 11) is 0. The van der Waals surface area contributed by atoms with E-state index in [9.17, 15) is 13.2 Å². The second-order valence-electron chi connectivity index (χ2n) is 8.41.